The molecule has 0 saturated carbocycles. The molecular formula is C14H21N3O. The van der Waals surface area contributed by atoms with Crippen LogP contribution < -0.4 is 15.5 Å². The number of carbonyl (C=O) groups is 1. The lowest BCUT2D eigenvalue weighted by Crippen LogP contribution is -2.33. The number of nitrogens with zero attached hydrogens (tertiary/aromatic N) is 2. The summed E-state index contributed by atoms with van der Waals surface area (Å²) in [5, 5.41) is 0. The van der Waals surface area contributed by atoms with Gasteiger partial charge in [0.05, 0.1) is 5.41 Å². The predicted octanol–water partition coefficient (Wildman–Crippen LogP) is 1.34. The second-order valence-corrected chi connectivity index (χ2v) is 5.40. The predicted molar refractivity (Wildman–Crippen MR) is 75.2 cm³/mol. The summed E-state index contributed by atoms with van der Waals surface area (Å²) in [6.07, 6.45) is 0. The molecule has 18 heavy (non-hydrogen) atoms. The van der Waals surface area contributed by atoms with Gasteiger partial charge in [-0.3, -0.25) is 4.79 Å². The fraction of sp³-hybridized carbons (Fsp3) is 0.500. The van der Waals surface area contributed by atoms with Gasteiger partial charge in [-0.15, -0.1) is 0 Å². The third kappa shape index (κ3) is 1.77. The first-order valence-corrected chi connectivity index (χ1v) is 6.23. The van der Waals surface area contributed by atoms with E-state index in [-0.39, 0.29) is 5.91 Å². The number of anilines is 2. The molecule has 1 aliphatic heterocycles. The van der Waals surface area contributed by atoms with Gasteiger partial charge >= 0.3 is 0 Å². The van der Waals surface area contributed by atoms with Crippen molar-refractivity contribution in [1.82, 2.24) is 0 Å². The lowest BCUT2D eigenvalue weighted by Gasteiger charge is -2.21. The summed E-state index contributed by atoms with van der Waals surface area (Å²) in [5.41, 5.74) is 8.34. The van der Waals surface area contributed by atoms with E-state index in [1.54, 1.807) is 4.90 Å². The molecule has 1 aromatic carbocycles. The van der Waals surface area contributed by atoms with Crippen molar-refractivity contribution in [2.45, 2.75) is 19.3 Å². The standard InChI is InChI=1S/C14H21N3O/c1-14(2)11-9-10(16(3)8-7-15)5-6-12(11)17(4)13(14)18/h5-6,9H,7-8,15H2,1-4H3. The van der Waals surface area contributed by atoms with Crippen LogP contribution in [0.15, 0.2) is 18.2 Å². The topological polar surface area (TPSA) is 49.6 Å². The van der Waals surface area contributed by atoms with Gasteiger partial charge in [-0.25, -0.2) is 0 Å². The van der Waals surface area contributed by atoms with E-state index in [1.165, 1.54) is 0 Å². The molecule has 0 unspecified atom stereocenters. The molecule has 0 saturated heterocycles. The molecule has 4 heteroatoms. The van der Waals surface area contributed by atoms with E-state index in [9.17, 15) is 4.79 Å². The van der Waals surface area contributed by atoms with Crippen molar-refractivity contribution in [3.63, 3.8) is 0 Å². The summed E-state index contributed by atoms with van der Waals surface area (Å²) in [5.74, 6) is 0.149. The Morgan fingerprint density at radius 3 is 2.67 bits per heavy atom. The van der Waals surface area contributed by atoms with Crippen molar-refractivity contribution in [3.8, 4) is 0 Å². The molecule has 2 N–H and O–H groups in total. The minimum absolute atomic E-state index is 0.149. The number of rotatable bonds is 3. The normalized spacial score (nSPS) is 16.9. The second-order valence-electron chi connectivity index (χ2n) is 5.40. The molecule has 4 nitrogen and oxygen atoms in total. The molecule has 2 rings (SSSR count). The Labute approximate surface area is 108 Å². The maximum Gasteiger partial charge on any atom is 0.236 e. The Morgan fingerprint density at radius 2 is 2.06 bits per heavy atom. The van der Waals surface area contributed by atoms with Gasteiger partial charge < -0.3 is 15.5 Å². The van der Waals surface area contributed by atoms with Crippen LogP contribution in [0.4, 0.5) is 11.4 Å². The Hall–Kier alpha value is -1.55. The summed E-state index contributed by atoms with van der Waals surface area (Å²) < 4.78 is 0. The zero-order valence-corrected chi connectivity index (χ0v) is 11.5. The number of nitrogens with two attached hydrogens (primary N) is 1. The number of hydrogen-bond donors (Lipinski definition) is 1. The van der Waals surface area contributed by atoms with E-state index >= 15 is 0 Å². The summed E-state index contributed by atoms with van der Waals surface area (Å²) >= 11 is 0. The summed E-state index contributed by atoms with van der Waals surface area (Å²) in [6.45, 7) is 5.38. The molecular weight excluding hydrogens is 226 g/mol. The van der Waals surface area contributed by atoms with Crippen molar-refractivity contribution in [3.05, 3.63) is 23.8 Å². The third-order valence-electron chi connectivity index (χ3n) is 3.76. The Bertz CT molecular complexity index is 482. The smallest absolute Gasteiger partial charge is 0.236 e. The van der Waals surface area contributed by atoms with E-state index in [1.807, 2.05) is 40.1 Å². The quantitative estimate of drug-likeness (QED) is 0.877. The van der Waals surface area contributed by atoms with Crippen molar-refractivity contribution >= 4 is 17.3 Å². The number of benzene rings is 1. The molecule has 98 valence electrons. The molecule has 0 aliphatic carbocycles. The van der Waals surface area contributed by atoms with Gasteiger partial charge in [0.1, 0.15) is 0 Å². The average Bonchev–Trinajstić information content (AvgIpc) is 2.51. The molecule has 0 fully saturated rings. The Morgan fingerprint density at radius 1 is 1.39 bits per heavy atom. The van der Waals surface area contributed by atoms with Crippen LogP contribution in [-0.4, -0.2) is 33.1 Å². The van der Waals surface area contributed by atoms with Gasteiger partial charge in [0.25, 0.3) is 0 Å². The fourth-order valence-electron chi connectivity index (χ4n) is 2.52. The van der Waals surface area contributed by atoms with Gasteiger partial charge in [-0.05, 0) is 37.6 Å². The van der Waals surface area contributed by atoms with Gasteiger partial charge in [-0.2, -0.15) is 0 Å². The fourth-order valence-corrected chi connectivity index (χ4v) is 2.52. The third-order valence-corrected chi connectivity index (χ3v) is 3.76. The van der Waals surface area contributed by atoms with Crippen LogP contribution in [0, 0.1) is 0 Å². The minimum atomic E-state index is -0.441. The maximum atomic E-state index is 12.2. The molecule has 0 radical (unpaired) electrons. The van der Waals surface area contributed by atoms with Crippen LogP contribution in [0.3, 0.4) is 0 Å². The molecule has 1 amide bonds. The highest BCUT2D eigenvalue weighted by Crippen LogP contribution is 2.42. The van der Waals surface area contributed by atoms with Gasteiger partial charge in [-0.1, -0.05) is 0 Å². The van der Waals surface area contributed by atoms with Crippen molar-refractivity contribution in [2.75, 3.05) is 37.0 Å². The van der Waals surface area contributed by atoms with Gasteiger partial charge in [0.2, 0.25) is 5.91 Å². The number of hydrogen-bond acceptors (Lipinski definition) is 3. The number of fused-ring (bicyclic) bond motifs is 1. The first-order valence-electron chi connectivity index (χ1n) is 6.23. The van der Waals surface area contributed by atoms with E-state index in [2.05, 4.69) is 11.0 Å². The van der Waals surface area contributed by atoms with Crippen LogP contribution in [-0.2, 0) is 10.2 Å². The highest BCUT2D eigenvalue weighted by molar-refractivity contribution is 6.07. The van der Waals surface area contributed by atoms with Crippen LogP contribution in [0.1, 0.15) is 19.4 Å². The maximum absolute atomic E-state index is 12.2. The van der Waals surface area contributed by atoms with Crippen molar-refractivity contribution < 1.29 is 4.79 Å². The molecule has 0 bridgehead atoms. The average molecular weight is 247 g/mol. The molecule has 1 aromatic rings. The summed E-state index contributed by atoms with van der Waals surface area (Å²) in [6, 6.07) is 6.16. The first kappa shape index (κ1) is 12.9. The summed E-state index contributed by atoms with van der Waals surface area (Å²) in [4.78, 5) is 16.0. The monoisotopic (exact) mass is 247 g/mol. The molecule has 0 aromatic heterocycles. The molecule has 0 atom stereocenters. The largest absolute Gasteiger partial charge is 0.373 e. The van der Waals surface area contributed by atoms with E-state index in [0.29, 0.717) is 6.54 Å². The van der Waals surface area contributed by atoms with E-state index in [0.717, 1.165) is 23.5 Å². The number of amides is 1. The molecule has 1 aliphatic rings. The highest BCUT2D eigenvalue weighted by Gasteiger charge is 2.42. The number of carbonyl (C=O) groups excluding carboxylic acids is 1. The minimum Gasteiger partial charge on any atom is -0.373 e. The molecule has 1 heterocycles. The van der Waals surface area contributed by atoms with Gasteiger partial charge in [0, 0.05) is 38.6 Å². The lowest BCUT2D eigenvalue weighted by atomic mass is 9.86. The van der Waals surface area contributed by atoms with Gasteiger partial charge in [0.15, 0.2) is 0 Å². The van der Waals surface area contributed by atoms with Crippen LogP contribution in [0.25, 0.3) is 0 Å². The van der Waals surface area contributed by atoms with Crippen LogP contribution >= 0.6 is 0 Å². The van der Waals surface area contributed by atoms with E-state index < -0.39 is 5.41 Å². The summed E-state index contributed by atoms with van der Waals surface area (Å²) in [7, 11) is 3.85. The number of likely N-dealkylation sites (N-methyl/N-ethyl adjacent to an activating group) is 2. The highest BCUT2D eigenvalue weighted by atomic mass is 16.2. The van der Waals surface area contributed by atoms with Crippen molar-refractivity contribution in [1.29, 1.82) is 0 Å². The lowest BCUT2D eigenvalue weighted by molar-refractivity contribution is -0.121. The SMILES string of the molecule is CN(CCN)c1ccc2c(c1)C(C)(C)C(=O)N2C. The Kier molecular flexibility index (Phi) is 3.07. The van der Waals surface area contributed by atoms with Crippen molar-refractivity contribution in [2.24, 2.45) is 5.73 Å². The zero-order chi connectivity index (χ0) is 13.5. The van der Waals surface area contributed by atoms with Crippen LogP contribution in [0.2, 0.25) is 0 Å². The molecule has 0 spiro atoms. The van der Waals surface area contributed by atoms with E-state index in [4.69, 9.17) is 5.73 Å². The Balaban J connectivity index is 2.45. The first-order chi connectivity index (χ1) is 8.39. The zero-order valence-electron chi connectivity index (χ0n) is 11.5. The van der Waals surface area contributed by atoms with Crippen LogP contribution in [0.5, 0.6) is 0 Å². The second kappa shape index (κ2) is 4.28.